The van der Waals surface area contributed by atoms with E-state index in [2.05, 4.69) is 142 Å². The summed E-state index contributed by atoms with van der Waals surface area (Å²) in [6.07, 6.45) is 82.0. The molecule has 0 amide bonds. The maximum atomic E-state index is 12.8. The molecule has 0 aliphatic carbocycles. The molecule has 0 N–H and O–H groups in total. The number of ether oxygens (including phenoxy) is 3. The van der Waals surface area contributed by atoms with Crippen LogP contribution in [0.1, 0.15) is 258 Å². The molecule has 0 aromatic rings. The molecule has 6 nitrogen and oxygen atoms in total. The molecule has 0 heterocycles. The predicted molar refractivity (Wildman–Crippen MR) is 311 cm³/mol. The first-order valence-electron chi connectivity index (χ1n) is 29.5. The van der Waals surface area contributed by atoms with E-state index in [1.807, 2.05) is 0 Å². The van der Waals surface area contributed by atoms with E-state index in [-0.39, 0.29) is 31.1 Å². The van der Waals surface area contributed by atoms with Gasteiger partial charge in [0.15, 0.2) is 6.10 Å². The quantitative estimate of drug-likeness (QED) is 0.0261. The maximum Gasteiger partial charge on any atom is 0.306 e. The number of allylic oxidation sites excluding steroid dienone is 20. The van der Waals surface area contributed by atoms with Crippen molar-refractivity contribution in [1.29, 1.82) is 0 Å². The van der Waals surface area contributed by atoms with E-state index in [1.54, 1.807) is 0 Å². The van der Waals surface area contributed by atoms with Gasteiger partial charge in [-0.3, -0.25) is 14.4 Å². The normalized spacial score (nSPS) is 13.0. The first kappa shape index (κ1) is 67.8. The van der Waals surface area contributed by atoms with Crippen LogP contribution in [0.4, 0.5) is 0 Å². The number of carbonyl (C=O) groups excluding carboxylic acids is 3. The van der Waals surface area contributed by atoms with Crippen LogP contribution >= 0.6 is 0 Å². The van der Waals surface area contributed by atoms with Crippen molar-refractivity contribution in [3.8, 4) is 0 Å². The molecule has 0 aromatic heterocycles. The smallest absolute Gasteiger partial charge is 0.306 e. The second-order valence-electron chi connectivity index (χ2n) is 19.2. The first-order valence-corrected chi connectivity index (χ1v) is 29.5. The zero-order valence-electron chi connectivity index (χ0n) is 46.7. The summed E-state index contributed by atoms with van der Waals surface area (Å²) >= 11 is 0. The van der Waals surface area contributed by atoms with Crippen molar-refractivity contribution < 1.29 is 28.6 Å². The molecule has 408 valence electrons. The van der Waals surface area contributed by atoms with Crippen molar-refractivity contribution in [1.82, 2.24) is 0 Å². The van der Waals surface area contributed by atoms with Gasteiger partial charge in [0.1, 0.15) is 13.2 Å². The molecule has 0 saturated carbocycles. The molecular formula is C66H108O6. The van der Waals surface area contributed by atoms with E-state index in [9.17, 15) is 14.4 Å². The fourth-order valence-electron chi connectivity index (χ4n) is 7.78. The van der Waals surface area contributed by atoms with E-state index < -0.39 is 6.10 Å². The first-order chi connectivity index (χ1) is 35.5. The number of hydrogen-bond acceptors (Lipinski definition) is 6. The van der Waals surface area contributed by atoms with E-state index in [1.165, 1.54) is 83.5 Å². The highest BCUT2D eigenvalue weighted by Crippen LogP contribution is 2.14. The zero-order chi connectivity index (χ0) is 52.2. The standard InChI is InChI=1S/C66H108O6/c1-4-7-10-13-16-19-22-24-25-26-27-28-29-30-31-32-33-34-35-36-37-38-39-40-41-43-44-47-50-53-56-59-65(68)71-62-63(61-70-64(67)58-55-52-49-46-21-18-15-12-9-6-3)72-66(69)60-57-54-51-48-45-42-23-20-17-14-11-8-5-2/h7,10,16,19-20,23-25,27-28,30-31,33-34,36-37,39-40,43-44,63H,4-6,8-9,11-15,17-18,21-22,26,29,32,35,38,41-42,45-62H2,1-3H3/b10-7-,19-16-,23-20-,25-24-,28-27-,31-30-,34-33-,37-36-,40-39-,44-43-. The van der Waals surface area contributed by atoms with Gasteiger partial charge in [-0.2, -0.15) is 0 Å². The molecule has 0 aliphatic heterocycles. The van der Waals surface area contributed by atoms with Crippen molar-refractivity contribution in [2.24, 2.45) is 0 Å². The van der Waals surface area contributed by atoms with Gasteiger partial charge >= 0.3 is 17.9 Å². The lowest BCUT2D eigenvalue weighted by atomic mass is 10.1. The third-order valence-electron chi connectivity index (χ3n) is 12.2. The lowest BCUT2D eigenvalue weighted by Gasteiger charge is -2.18. The number of hydrogen-bond donors (Lipinski definition) is 0. The average molecular weight is 998 g/mol. The fraction of sp³-hybridized carbons (Fsp3) is 0.652. The summed E-state index contributed by atoms with van der Waals surface area (Å²) in [4.78, 5) is 38.0. The zero-order valence-corrected chi connectivity index (χ0v) is 46.7. The SMILES string of the molecule is CC/C=C\C/C=C\C/C=C\C/C=C\C/C=C\C/C=C\C/C=C\C/C=C\C/C=C\CCCCCC(=O)OCC(COC(=O)CCCCCCCCCCCC)OC(=O)CCCCCCC/C=C\CCCCCC. The van der Waals surface area contributed by atoms with Gasteiger partial charge in [0.05, 0.1) is 0 Å². The van der Waals surface area contributed by atoms with Gasteiger partial charge in [0.25, 0.3) is 0 Å². The summed E-state index contributed by atoms with van der Waals surface area (Å²) in [5, 5.41) is 0. The Morgan fingerprint density at radius 2 is 0.542 bits per heavy atom. The second-order valence-corrected chi connectivity index (χ2v) is 19.2. The van der Waals surface area contributed by atoms with Crippen molar-refractivity contribution in [2.75, 3.05) is 13.2 Å². The monoisotopic (exact) mass is 997 g/mol. The van der Waals surface area contributed by atoms with Gasteiger partial charge < -0.3 is 14.2 Å². The summed E-state index contributed by atoms with van der Waals surface area (Å²) in [6.45, 7) is 6.46. The van der Waals surface area contributed by atoms with Crippen LogP contribution in [0.25, 0.3) is 0 Å². The van der Waals surface area contributed by atoms with Crippen LogP contribution in [0.3, 0.4) is 0 Å². The molecule has 0 radical (unpaired) electrons. The van der Waals surface area contributed by atoms with Gasteiger partial charge in [-0.05, 0) is 116 Å². The molecule has 0 rings (SSSR count). The molecular weight excluding hydrogens is 889 g/mol. The molecule has 6 heteroatoms. The molecule has 0 fully saturated rings. The van der Waals surface area contributed by atoms with Crippen LogP contribution in [-0.4, -0.2) is 37.2 Å². The van der Waals surface area contributed by atoms with Crippen molar-refractivity contribution >= 4 is 17.9 Å². The van der Waals surface area contributed by atoms with Crippen LogP contribution in [0.15, 0.2) is 122 Å². The second kappa shape index (κ2) is 59.4. The summed E-state index contributed by atoms with van der Waals surface area (Å²) in [6, 6.07) is 0. The number of esters is 3. The molecule has 0 aromatic carbocycles. The number of unbranched alkanes of at least 4 members (excludes halogenated alkanes) is 21. The topological polar surface area (TPSA) is 78.9 Å². The molecule has 1 unspecified atom stereocenters. The Bertz CT molecular complexity index is 1520. The Labute approximate surface area is 443 Å². The predicted octanol–water partition coefficient (Wildman–Crippen LogP) is 20.0. The Hall–Kier alpha value is -4.19. The van der Waals surface area contributed by atoms with Gasteiger partial charge in [-0.1, -0.05) is 245 Å². The summed E-state index contributed by atoms with van der Waals surface area (Å²) in [5.41, 5.74) is 0. The van der Waals surface area contributed by atoms with Crippen molar-refractivity contribution in [2.45, 2.75) is 264 Å². The van der Waals surface area contributed by atoms with Gasteiger partial charge in [0, 0.05) is 19.3 Å². The van der Waals surface area contributed by atoms with E-state index in [0.717, 1.165) is 135 Å². The largest absolute Gasteiger partial charge is 0.462 e. The third kappa shape index (κ3) is 56.7. The molecule has 0 aliphatic rings. The van der Waals surface area contributed by atoms with Crippen LogP contribution in [0.2, 0.25) is 0 Å². The molecule has 0 bridgehead atoms. The maximum absolute atomic E-state index is 12.8. The van der Waals surface area contributed by atoms with Crippen molar-refractivity contribution in [3.63, 3.8) is 0 Å². The summed E-state index contributed by atoms with van der Waals surface area (Å²) in [5.74, 6) is -0.939. The minimum Gasteiger partial charge on any atom is -0.462 e. The molecule has 72 heavy (non-hydrogen) atoms. The van der Waals surface area contributed by atoms with Gasteiger partial charge in [-0.15, -0.1) is 0 Å². The van der Waals surface area contributed by atoms with Crippen LogP contribution in [-0.2, 0) is 28.6 Å². The van der Waals surface area contributed by atoms with Gasteiger partial charge in [-0.25, -0.2) is 0 Å². The summed E-state index contributed by atoms with van der Waals surface area (Å²) < 4.78 is 16.8. The molecule has 1 atom stereocenters. The van der Waals surface area contributed by atoms with E-state index in [0.29, 0.717) is 19.3 Å². The number of carbonyl (C=O) groups is 3. The third-order valence-corrected chi connectivity index (χ3v) is 12.2. The van der Waals surface area contributed by atoms with Crippen LogP contribution in [0.5, 0.6) is 0 Å². The number of rotatable bonds is 52. The molecule has 0 spiro atoms. The summed E-state index contributed by atoms with van der Waals surface area (Å²) in [7, 11) is 0. The highest BCUT2D eigenvalue weighted by molar-refractivity contribution is 5.71. The Morgan fingerprint density at radius 1 is 0.292 bits per heavy atom. The highest BCUT2D eigenvalue weighted by atomic mass is 16.6. The minimum atomic E-state index is -0.796. The highest BCUT2D eigenvalue weighted by Gasteiger charge is 2.19. The van der Waals surface area contributed by atoms with Gasteiger partial charge in [0.2, 0.25) is 0 Å². The van der Waals surface area contributed by atoms with Crippen molar-refractivity contribution in [3.05, 3.63) is 122 Å². The average Bonchev–Trinajstić information content (AvgIpc) is 3.38. The molecule has 0 saturated heterocycles. The Morgan fingerprint density at radius 3 is 0.889 bits per heavy atom. The van der Waals surface area contributed by atoms with Crippen LogP contribution in [0, 0.1) is 0 Å². The fourth-order valence-corrected chi connectivity index (χ4v) is 7.78. The Kier molecular flexibility index (Phi) is 55.9. The van der Waals surface area contributed by atoms with E-state index >= 15 is 0 Å². The van der Waals surface area contributed by atoms with E-state index in [4.69, 9.17) is 14.2 Å². The van der Waals surface area contributed by atoms with Crippen LogP contribution < -0.4 is 0 Å². The minimum absolute atomic E-state index is 0.0922. The lowest BCUT2D eigenvalue weighted by molar-refractivity contribution is -0.167. The Balaban J connectivity index is 4.31. The lowest BCUT2D eigenvalue weighted by Crippen LogP contribution is -2.30.